The van der Waals surface area contributed by atoms with E-state index in [1.807, 2.05) is 12.1 Å². The van der Waals surface area contributed by atoms with Crippen molar-refractivity contribution in [2.24, 2.45) is 0 Å². The summed E-state index contributed by atoms with van der Waals surface area (Å²) in [4.78, 5) is 13.2. The molecule has 0 bridgehead atoms. The van der Waals surface area contributed by atoms with Crippen molar-refractivity contribution in [3.8, 4) is 5.75 Å². The van der Waals surface area contributed by atoms with Gasteiger partial charge in [0.05, 0.1) is 17.0 Å². The maximum atomic E-state index is 13.0. The Balaban J connectivity index is 1.49. The van der Waals surface area contributed by atoms with E-state index in [1.54, 1.807) is 6.07 Å². The second-order valence-electron chi connectivity index (χ2n) is 7.09. The molecule has 0 aliphatic carbocycles. The number of carbonyl (C=O) groups is 1. The summed E-state index contributed by atoms with van der Waals surface area (Å²) in [6.07, 6.45) is -3.10. The Morgan fingerprint density at radius 3 is 2.72 bits per heavy atom. The highest BCUT2D eigenvalue weighted by atomic mass is 35.5. The fourth-order valence-corrected chi connectivity index (χ4v) is 4.08. The number of benzene rings is 2. The Morgan fingerprint density at radius 2 is 2.00 bits per heavy atom. The lowest BCUT2D eigenvalue weighted by Crippen LogP contribution is -2.13. The summed E-state index contributed by atoms with van der Waals surface area (Å²) in [6, 6.07) is 9.26. The first-order valence-corrected chi connectivity index (χ1v) is 9.42. The minimum atomic E-state index is -4.52. The van der Waals surface area contributed by atoms with Gasteiger partial charge in [-0.3, -0.25) is 4.79 Å². The molecule has 29 heavy (non-hydrogen) atoms. The Kier molecular flexibility index (Phi) is 4.94. The molecule has 0 saturated heterocycles. The highest BCUT2D eigenvalue weighted by Gasteiger charge is 2.34. The normalized spacial score (nSPS) is 15.5. The predicted octanol–water partition coefficient (Wildman–Crippen LogP) is 5.43. The number of anilines is 1. The van der Waals surface area contributed by atoms with Crippen molar-refractivity contribution in [3.63, 3.8) is 0 Å². The third kappa shape index (κ3) is 3.92. The van der Waals surface area contributed by atoms with Crippen molar-refractivity contribution in [1.29, 1.82) is 0 Å². The van der Waals surface area contributed by atoms with Gasteiger partial charge in [-0.25, -0.2) is 0 Å². The van der Waals surface area contributed by atoms with Crippen LogP contribution in [-0.2, 0) is 24.0 Å². The van der Waals surface area contributed by atoms with Crippen LogP contribution in [0.25, 0.3) is 0 Å². The van der Waals surface area contributed by atoms with Gasteiger partial charge in [0.15, 0.2) is 0 Å². The van der Waals surface area contributed by atoms with Gasteiger partial charge in [0, 0.05) is 24.4 Å². The van der Waals surface area contributed by atoms with Gasteiger partial charge in [-0.05, 0) is 53.5 Å². The molecule has 2 heterocycles. The Morgan fingerprint density at radius 1 is 1.21 bits per heavy atom. The average molecular weight is 424 g/mol. The monoisotopic (exact) mass is 423 g/mol. The first-order valence-electron chi connectivity index (χ1n) is 9.04. The SMILES string of the molecule is O=C(O)CC1=C2Cc3cc(OCc4ccc(Cl)c(C(F)(F)F)c4)ccc3N2CC1. The maximum Gasteiger partial charge on any atom is 0.417 e. The Bertz CT molecular complexity index is 1020. The number of alkyl halides is 3. The predicted molar refractivity (Wildman–Crippen MR) is 102 cm³/mol. The molecule has 0 saturated carbocycles. The van der Waals surface area contributed by atoms with E-state index in [9.17, 15) is 18.0 Å². The molecule has 0 spiro atoms. The summed E-state index contributed by atoms with van der Waals surface area (Å²) in [5, 5.41) is 8.73. The zero-order valence-corrected chi connectivity index (χ0v) is 16.0. The molecule has 4 rings (SSSR count). The quantitative estimate of drug-likeness (QED) is 0.696. The molecule has 2 aromatic rings. The molecule has 0 aromatic heterocycles. The van der Waals surface area contributed by atoms with Crippen LogP contribution in [0.2, 0.25) is 5.02 Å². The smallest absolute Gasteiger partial charge is 0.417 e. The van der Waals surface area contributed by atoms with Crippen LogP contribution >= 0.6 is 11.6 Å². The van der Waals surface area contributed by atoms with Crippen molar-refractivity contribution in [2.75, 3.05) is 11.4 Å². The van der Waals surface area contributed by atoms with Crippen LogP contribution < -0.4 is 9.64 Å². The molecule has 1 N–H and O–H groups in total. The minimum absolute atomic E-state index is 0.0181. The van der Waals surface area contributed by atoms with Gasteiger partial charge in [-0.2, -0.15) is 13.2 Å². The molecule has 0 fully saturated rings. The summed E-state index contributed by atoms with van der Waals surface area (Å²) < 4.78 is 44.7. The molecule has 152 valence electrons. The molecular weight excluding hydrogens is 407 g/mol. The maximum absolute atomic E-state index is 13.0. The number of rotatable bonds is 5. The van der Waals surface area contributed by atoms with Gasteiger partial charge in [0.1, 0.15) is 12.4 Å². The van der Waals surface area contributed by atoms with Gasteiger partial charge in [0.2, 0.25) is 0 Å². The highest BCUT2D eigenvalue weighted by Crippen LogP contribution is 2.43. The minimum Gasteiger partial charge on any atom is -0.489 e. The second kappa shape index (κ2) is 7.30. The number of hydrogen-bond acceptors (Lipinski definition) is 3. The number of halogens is 4. The number of ether oxygens (including phenoxy) is 1. The fraction of sp³-hybridized carbons (Fsp3) is 0.286. The van der Waals surface area contributed by atoms with Crippen LogP contribution in [0.5, 0.6) is 5.75 Å². The van der Waals surface area contributed by atoms with E-state index in [2.05, 4.69) is 4.90 Å². The highest BCUT2D eigenvalue weighted by molar-refractivity contribution is 6.31. The van der Waals surface area contributed by atoms with Gasteiger partial charge in [0.25, 0.3) is 0 Å². The number of carboxylic acid groups (broad SMARTS) is 1. The van der Waals surface area contributed by atoms with Crippen LogP contribution in [0.4, 0.5) is 18.9 Å². The van der Waals surface area contributed by atoms with Crippen LogP contribution in [0.1, 0.15) is 29.5 Å². The Labute approximate surface area is 170 Å². The lowest BCUT2D eigenvalue weighted by Gasteiger charge is -2.16. The van der Waals surface area contributed by atoms with Gasteiger partial charge < -0.3 is 14.7 Å². The van der Waals surface area contributed by atoms with E-state index in [1.165, 1.54) is 12.1 Å². The van der Waals surface area contributed by atoms with Gasteiger partial charge in [-0.1, -0.05) is 17.7 Å². The third-order valence-corrected chi connectivity index (χ3v) is 5.51. The number of carboxylic acids is 1. The number of aliphatic carboxylic acids is 1. The lowest BCUT2D eigenvalue weighted by atomic mass is 10.1. The zero-order chi connectivity index (χ0) is 20.8. The van der Waals surface area contributed by atoms with Crippen molar-refractivity contribution >= 4 is 23.3 Å². The molecule has 0 unspecified atom stereocenters. The molecular formula is C21H17ClF3NO3. The molecule has 0 radical (unpaired) electrons. The van der Waals surface area contributed by atoms with E-state index in [0.29, 0.717) is 17.7 Å². The van der Waals surface area contributed by atoms with E-state index in [0.717, 1.165) is 41.6 Å². The van der Waals surface area contributed by atoms with Crippen molar-refractivity contribution in [1.82, 2.24) is 0 Å². The molecule has 2 aliphatic heterocycles. The van der Waals surface area contributed by atoms with Crippen LogP contribution in [-0.4, -0.2) is 17.6 Å². The van der Waals surface area contributed by atoms with Crippen molar-refractivity contribution in [2.45, 2.75) is 32.0 Å². The Hall–Kier alpha value is -2.67. The van der Waals surface area contributed by atoms with E-state index in [4.69, 9.17) is 21.4 Å². The number of nitrogens with zero attached hydrogens (tertiary/aromatic N) is 1. The van der Waals surface area contributed by atoms with Crippen molar-refractivity contribution in [3.05, 3.63) is 69.4 Å². The summed E-state index contributed by atoms with van der Waals surface area (Å²) >= 11 is 5.65. The van der Waals surface area contributed by atoms with Gasteiger partial charge in [-0.15, -0.1) is 0 Å². The summed E-state index contributed by atoms with van der Waals surface area (Å²) in [5.41, 5.74) is 3.51. The van der Waals surface area contributed by atoms with Crippen LogP contribution in [0, 0.1) is 0 Å². The van der Waals surface area contributed by atoms with Gasteiger partial charge >= 0.3 is 12.1 Å². The summed E-state index contributed by atoms with van der Waals surface area (Å²) in [7, 11) is 0. The largest absolute Gasteiger partial charge is 0.489 e. The summed E-state index contributed by atoms with van der Waals surface area (Å²) in [5.74, 6) is -0.288. The molecule has 8 heteroatoms. The van der Waals surface area contributed by atoms with Crippen LogP contribution in [0.15, 0.2) is 47.7 Å². The average Bonchev–Trinajstić information content (AvgIpc) is 3.19. The molecule has 2 aromatic carbocycles. The number of hydrogen-bond donors (Lipinski definition) is 1. The molecule has 2 aliphatic rings. The van der Waals surface area contributed by atoms with E-state index >= 15 is 0 Å². The van der Waals surface area contributed by atoms with Crippen molar-refractivity contribution < 1.29 is 27.8 Å². The second-order valence-corrected chi connectivity index (χ2v) is 7.50. The fourth-order valence-electron chi connectivity index (χ4n) is 3.86. The summed E-state index contributed by atoms with van der Waals surface area (Å²) in [6.45, 7) is 0.742. The third-order valence-electron chi connectivity index (χ3n) is 5.18. The molecule has 0 amide bonds. The van der Waals surface area contributed by atoms with E-state index in [-0.39, 0.29) is 18.1 Å². The molecule has 4 nitrogen and oxygen atoms in total. The first kappa shape index (κ1) is 19.6. The lowest BCUT2D eigenvalue weighted by molar-refractivity contribution is -0.138. The van der Waals surface area contributed by atoms with E-state index < -0.39 is 17.7 Å². The standard InChI is InChI=1S/C21H17ClF3NO3/c22-17-3-1-12(7-16(17)21(23,24)25)11-29-15-2-4-18-14(8-15)9-19-13(10-20(27)28)5-6-26(18)19/h1-4,7-8H,5-6,9-11H2,(H,27,28). The number of fused-ring (bicyclic) bond motifs is 3. The topological polar surface area (TPSA) is 49.8 Å². The first-order chi connectivity index (χ1) is 13.7. The van der Waals surface area contributed by atoms with Crippen LogP contribution in [0.3, 0.4) is 0 Å². The number of allylic oxidation sites excluding steroid dienone is 1. The molecule has 0 atom stereocenters. The zero-order valence-electron chi connectivity index (χ0n) is 15.2.